The molecule has 0 heterocycles. The SMILES string of the molecule is CC(C)CNCCCC(C)N(C)C(C)C. The Kier molecular flexibility index (Phi) is 8.07. The van der Waals surface area contributed by atoms with Gasteiger partial charge in [0, 0.05) is 12.1 Å². The summed E-state index contributed by atoms with van der Waals surface area (Å²) in [5.74, 6) is 0.765. The molecule has 0 fully saturated rings. The maximum Gasteiger partial charge on any atom is 0.00670 e. The van der Waals surface area contributed by atoms with Crippen LogP contribution in [0.25, 0.3) is 0 Å². The van der Waals surface area contributed by atoms with Gasteiger partial charge in [-0.25, -0.2) is 0 Å². The number of hydrogen-bond donors (Lipinski definition) is 1. The van der Waals surface area contributed by atoms with Crippen molar-refractivity contribution in [3.05, 3.63) is 0 Å². The quantitative estimate of drug-likeness (QED) is 0.625. The van der Waals surface area contributed by atoms with Gasteiger partial charge in [0.2, 0.25) is 0 Å². The van der Waals surface area contributed by atoms with Crippen molar-refractivity contribution in [1.29, 1.82) is 0 Å². The van der Waals surface area contributed by atoms with Crippen molar-refractivity contribution in [2.75, 3.05) is 20.1 Å². The van der Waals surface area contributed by atoms with Crippen molar-refractivity contribution < 1.29 is 0 Å². The highest BCUT2D eigenvalue weighted by Gasteiger charge is 2.11. The molecule has 1 N–H and O–H groups in total. The predicted octanol–water partition coefficient (Wildman–Crippen LogP) is 2.74. The van der Waals surface area contributed by atoms with Crippen LogP contribution in [0, 0.1) is 5.92 Å². The summed E-state index contributed by atoms with van der Waals surface area (Å²) in [6.45, 7) is 13.6. The second kappa shape index (κ2) is 8.12. The van der Waals surface area contributed by atoms with E-state index in [-0.39, 0.29) is 0 Å². The largest absolute Gasteiger partial charge is 0.316 e. The highest BCUT2D eigenvalue weighted by atomic mass is 15.1. The molecule has 0 aromatic rings. The normalized spacial score (nSPS) is 14.2. The molecule has 2 heteroatoms. The summed E-state index contributed by atoms with van der Waals surface area (Å²) in [6, 6.07) is 1.36. The molecule has 0 radical (unpaired) electrons. The van der Waals surface area contributed by atoms with Crippen LogP contribution >= 0.6 is 0 Å². The van der Waals surface area contributed by atoms with Crippen LogP contribution in [-0.2, 0) is 0 Å². The van der Waals surface area contributed by atoms with Crippen LogP contribution in [0.5, 0.6) is 0 Å². The topological polar surface area (TPSA) is 15.3 Å². The lowest BCUT2D eigenvalue weighted by Gasteiger charge is -2.28. The van der Waals surface area contributed by atoms with E-state index < -0.39 is 0 Å². The molecule has 0 saturated heterocycles. The van der Waals surface area contributed by atoms with E-state index in [1.807, 2.05) is 0 Å². The predicted molar refractivity (Wildman–Crippen MR) is 69.3 cm³/mol. The summed E-state index contributed by atoms with van der Waals surface area (Å²) in [7, 11) is 2.22. The number of rotatable bonds is 8. The van der Waals surface area contributed by atoms with Gasteiger partial charge in [-0.1, -0.05) is 13.8 Å². The van der Waals surface area contributed by atoms with Crippen molar-refractivity contribution in [2.24, 2.45) is 5.92 Å². The minimum absolute atomic E-state index is 0.656. The van der Waals surface area contributed by atoms with Gasteiger partial charge in [0.05, 0.1) is 0 Å². The van der Waals surface area contributed by atoms with Gasteiger partial charge < -0.3 is 10.2 Å². The Morgan fingerprint density at radius 3 is 2.13 bits per heavy atom. The minimum atomic E-state index is 0.656. The molecule has 0 spiro atoms. The molecule has 1 atom stereocenters. The molecule has 0 aliphatic carbocycles. The maximum atomic E-state index is 3.49. The molecule has 92 valence electrons. The zero-order valence-electron chi connectivity index (χ0n) is 11.5. The fourth-order valence-corrected chi connectivity index (χ4v) is 1.63. The standard InChI is InChI=1S/C13H30N2/c1-11(2)10-14-9-7-8-13(5)15(6)12(3)4/h11-14H,7-10H2,1-6H3. The molecule has 0 aliphatic heterocycles. The molecule has 15 heavy (non-hydrogen) atoms. The van der Waals surface area contributed by atoms with Gasteiger partial charge in [-0.05, 0) is 59.7 Å². The highest BCUT2D eigenvalue weighted by Crippen LogP contribution is 2.07. The van der Waals surface area contributed by atoms with Crippen molar-refractivity contribution in [3.8, 4) is 0 Å². The average Bonchev–Trinajstić information content (AvgIpc) is 2.15. The van der Waals surface area contributed by atoms with E-state index >= 15 is 0 Å². The number of hydrogen-bond acceptors (Lipinski definition) is 2. The Balaban J connectivity index is 3.42. The monoisotopic (exact) mass is 214 g/mol. The second-order valence-electron chi connectivity index (χ2n) is 5.35. The summed E-state index contributed by atoms with van der Waals surface area (Å²) in [5.41, 5.74) is 0. The van der Waals surface area contributed by atoms with E-state index in [4.69, 9.17) is 0 Å². The zero-order valence-corrected chi connectivity index (χ0v) is 11.5. The second-order valence-corrected chi connectivity index (χ2v) is 5.35. The summed E-state index contributed by atoms with van der Waals surface area (Å²) in [5, 5.41) is 3.49. The molecule has 0 aliphatic rings. The van der Waals surface area contributed by atoms with E-state index in [2.05, 4.69) is 51.9 Å². The molecular weight excluding hydrogens is 184 g/mol. The molecule has 0 rings (SSSR count). The fraction of sp³-hybridized carbons (Fsp3) is 1.00. The lowest BCUT2D eigenvalue weighted by Crippen LogP contribution is -2.35. The van der Waals surface area contributed by atoms with Gasteiger partial charge in [-0.15, -0.1) is 0 Å². The van der Waals surface area contributed by atoms with E-state index in [9.17, 15) is 0 Å². The Hall–Kier alpha value is -0.0800. The molecule has 0 amide bonds. The summed E-state index contributed by atoms with van der Waals surface area (Å²) in [4.78, 5) is 2.45. The molecule has 2 nitrogen and oxygen atoms in total. The van der Waals surface area contributed by atoms with Crippen molar-refractivity contribution in [3.63, 3.8) is 0 Å². The maximum absolute atomic E-state index is 3.49. The Labute approximate surface area is 96.4 Å². The van der Waals surface area contributed by atoms with Crippen molar-refractivity contribution >= 4 is 0 Å². The Bertz CT molecular complexity index is 143. The summed E-state index contributed by atoms with van der Waals surface area (Å²) in [6.07, 6.45) is 2.57. The lowest BCUT2D eigenvalue weighted by atomic mass is 10.1. The average molecular weight is 214 g/mol. The number of nitrogens with zero attached hydrogens (tertiary/aromatic N) is 1. The van der Waals surface area contributed by atoms with Gasteiger partial charge in [-0.3, -0.25) is 0 Å². The van der Waals surface area contributed by atoms with E-state index in [1.54, 1.807) is 0 Å². The van der Waals surface area contributed by atoms with Crippen LogP contribution < -0.4 is 5.32 Å². The smallest absolute Gasteiger partial charge is 0.00670 e. The van der Waals surface area contributed by atoms with Gasteiger partial charge >= 0.3 is 0 Å². The van der Waals surface area contributed by atoms with Gasteiger partial charge in [0.1, 0.15) is 0 Å². The highest BCUT2D eigenvalue weighted by molar-refractivity contribution is 4.67. The first-order valence-corrected chi connectivity index (χ1v) is 6.37. The van der Waals surface area contributed by atoms with Crippen LogP contribution in [0.1, 0.15) is 47.5 Å². The van der Waals surface area contributed by atoms with Gasteiger partial charge in [0.15, 0.2) is 0 Å². The minimum Gasteiger partial charge on any atom is -0.316 e. The third-order valence-corrected chi connectivity index (χ3v) is 3.04. The Morgan fingerprint density at radius 1 is 1.07 bits per heavy atom. The van der Waals surface area contributed by atoms with Crippen LogP contribution in [0.2, 0.25) is 0 Å². The third-order valence-electron chi connectivity index (χ3n) is 3.04. The van der Waals surface area contributed by atoms with Crippen LogP contribution in [0.15, 0.2) is 0 Å². The van der Waals surface area contributed by atoms with Crippen LogP contribution in [0.4, 0.5) is 0 Å². The first-order chi connectivity index (χ1) is 6.95. The molecule has 0 aromatic carbocycles. The fourth-order valence-electron chi connectivity index (χ4n) is 1.63. The lowest BCUT2D eigenvalue weighted by molar-refractivity contribution is 0.196. The van der Waals surface area contributed by atoms with E-state index in [0.717, 1.165) is 19.0 Å². The molecule has 0 saturated carbocycles. The molecule has 0 aromatic heterocycles. The zero-order chi connectivity index (χ0) is 11.8. The van der Waals surface area contributed by atoms with Crippen molar-refractivity contribution in [2.45, 2.75) is 59.5 Å². The van der Waals surface area contributed by atoms with Crippen molar-refractivity contribution in [1.82, 2.24) is 10.2 Å². The van der Waals surface area contributed by atoms with Gasteiger partial charge in [0.25, 0.3) is 0 Å². The first-order valence-electron chi connectivity index (χ1n) is 6.37. The Morgan fingerprint density at radius 2 is 1.67 bits per heavy atom. The molecular formula is C13H30N2. The van der Waals surface area contributed by atoms with Gasteiger partial charge in [-0.2, -0.15) is 0 Å². The molecule has 1 unspecified atom stereocenters. The third kappa shape index (κ3) is 7.80. The van der Waals surface area contributed by atoms with Crippen LogP contribution in [-0.4, -0.2) is 37.1 Å². The van der Waals surface area contributed by atoms with E-state index in [0.29, 0.717) is 12.1 Å². The summed E-state index contributed by atoms with van der Waals surface area (Å²) >= 11 is 0. The van der Waals surface area contributed by atoms with E-state index in [1.165, 1.54) is 12.8 Å². The number of nitrogens with one attached hydrogen (secondary N) is 1. The first kappa shape index (κ1) is 14.9. The van der Waals surface area contributed by atoms with Crippen LogP contribution in [0.3, 0.4) is 0 Å². The summed E-state index contributed by atoms with van der Waals surface area (Å²) < 4.78 is 0. The molecule has 0 bridgehead atoms.